The second-order valence-corrected chi connectivity index (χ2v) is 5.47. The van der Waals surface area contributed by atoms with Gasteiger partial charge in [-0.15, -0.1) is 11.3 Å². The molecule has 108 valence electrons. The molecular weight excluding hydrogens is 278 g/mol. The fraction of sp³-hybridized carbons (Fsp3) is 0.538. The number of hydrogen-bond acceptors (Lipinski definition) is 7. The molecule has 1 aliphatic heterocycles. The highest BCUT2D eigenvalue weighted by molar-refractivity contribution is 7.17. The molecule has 0 saturated carbocycles. The summed E-state index contributed by atoms with van der Waals surface area (Å²) in [5.41, 5.74) is 6.40. The third-order valence-electron chi connectivity index (χ3n) is 3.30. The van der Waals surface area contributed by atoms with Gasteiger partial charge in [0.25, 0.3) is 0 Å². The first-order valence-electron chi connectivity index (χ1n) is 6.39. The lowest BCUT2D eigenvalue weighted by atomic mass is 10.2. The van der Waals surface area contributed by atoms with Crippen molar-refractivity contribution >= 4 is 28.0 Å². The average molecular weight is 295 g/mol. The van der Waals surface area contributed by atoms with Crippen molar-refractivity contribution < 1.29 is 14.3 Å². The van der Waals surface area contributed by atoms with Crippen LogP contribution in [0.3, 0.4) is 0 Å². The molecule has 0 amide bonds. The van der Waals surface area contributed by atoms with E-state index >= 15 is 0 Å². The number of methoxy groups -OCH3 is 1. The topological polar surface area (TPSA) is 88.6 Å². The van der Waals surface area contributed by atoms with Crippen LogP contribution in [0.1, 0.15) is 28.6 Å². The number of esters is 1. The number of ether oxygens (including phenoxy) is 2. The standard InChI is InChI=1S/C13H17N3O3S/c1-3-8-7-16(4-5-19-8)12-10(13(17)18-2)11(15)9(6-14)20-12/h8H,3-5,7,15H2,1-2H3. The van der Waals surface area contributed by atoms with Gasteiger partial charge in [0, 0.05) is 13.1 Å². The number of morpholine rings is 1. The van der Waals surface area contributed by atoms with E-state index in [0.717, 1.165) is 6.42 Å². The van der Waals surface area contributed by atoms with Crippen LogP contribution in [0.25, 0.3) is 0 Å². The van der Waals surface area contributed by atoms with E-state index in [2.05, 4.69) is 6.92 Å². The summed E-state index contributed by atoms with van der Waals surface area (Å²) >= 11 is 1.23. The third kappa shape index (κ3) is 2.57. The zero-order valence-corrected chi connectivity index (χ0v) is 12.3. The number of nitrogen functional groups attached to an aromatic ring is 1. The number of nitrogens with zero attached hydrogens (tertiary/aromatic N) is 2. The quantitative estimate of drug-likeness (QED) is 0.852. The Kier molecular flexibility index (Phi) is 4.47. The van der Waals surface area contributed by atoms with E-state index in [9.17, 15) is 4.79 Å². The van der Waals surface area contributed by atoms with Crippen LogP contribution in [0, 0.1) is 11.3 Å². The number of thiophene rings is 1. The molecule has 2 N–H and O–H groups in total. The van der Waals surface area contributed by atoms with E-state index < -0.39 is 5.97 Å². The Morgan fingerprint density at radius 1 is 1.70 bits per heavy atom. The average Bonchev–Trinajstić information content (AvgIpc) is 2.83. The van der Waals surface area contributed by atoms with Crippen LogP contribution in [-0.2, 0) is 9.47 Å². The maximum absolute atomic E-state index is 11.9. The first-order valence-corrected chi connectivity index (χ1v) is 7.21. The van der Waals surface area contributed by atoms with Gasteiger partial charge in [-0.05, 0) is 6.42 Å². The van der Waals surface area contributed by atoms with Crippen molar-refractivity contribution in [2.45, 2.75) is 19.4 Å². The van der Waals surface area contributed by atoms with Gasteiger partial charge in [0.05, 0.1) is 25.5 Å². The van der Waals surface area contributed by atoms with Crippen LogP contribution in [0.5, 0.6) is 0 Å². The van der Waals surface area contributed by atoms with Crippen LogP contribution in [0.4, 0.5) is 10.7 Å². The number of nitrogens with two attached hydrogens (primary N) is 1. The van der Waals surface area contributed by atoms with Crippen molar-refractivity contribution in [2.24, 2.45) is 0 Å². The number of carbonyl (C=O) groups excluding carboxylic acids is 1. The highest BCUT2D eigenvalue weighted by atomic mass is 32.1. The Hall–Kier alpha value is -1.78. The number of nitriles is 1. The minimum absolute atomic E-state index is 0.128. The predicted octanol–water partition coefficient (Wildman–Crippen LogP) is 1.60. The van der Waals surface area contributed by atoms with Crippen molar-refractivity contribution in [1.82, 2.24) is 0 Å². The molecule has 6 nitrogen and oxygen atoms in total. The molecule has 0 radical (unpaired) electrons. The van der Waals surface area contributed by atoms with E-state index in [4.69, 9.17) is 20.5 Å². The van der Waals surface area contributed by atoms with Crippen LogP contribution >= 0.6 is 11.3 Å². The summed E-state index contributed by atoms with van der Waals surface area (Å²) in [6.45, 7) is 4.01. The summed E-state index contributed by atoms with van der Waals surface area (Å²) in [5.74, 6) is -0.505. The SMILES string of the molecule is CCC1CN(c2sc(C#N)c(N)c2C(=O)OC)CCO1. The smallest absolute Gasteiger partial charge is 0.343 e. The van der Waals surface area contributed by atoms with Crippen molar-refractivity contribution in [3.05, 3.63) is 10.4 Å². The van der Waals surface area contributed by atoms with Crippen LogP contribution in [0.2, 0.25) is 0 Å². The third-order valence-corrected chi connectivity index (χ3v) is 4.47. The number of carbonyl (C=O) groups is 1. The van der Waals surface area contributed by atoms with Crippen molar-refractivity contribution in [1.29, 1.82) is 5.26 Å². The van der Waals surface area contributed by atoms with Gasteiger partial charge < -0.3 is 20.1 Å². The molecule has 1 aliphatic rings. The fourth-order valence-electron chi connectivity index (χ4n) is 2.19. The Labute approximate surface area is 121 Å². The largest absolute Gasteiger partial charge is 0.465 e. The van der Waals surface area contributed by atoms with Gasteiger partial charge in [-0.1, -0.05) is 6.92 Å². The summed E-state index contributed by atoms with van der Waals surface area (Å²) in [6.07, 6.45) is 1.03. The van der Waals surface area contributed by atoms with Crippen LogP contribution in [0.15, 0.2) is 0 Å². The van der Waals surface area contributed by atoms with E-state index in [-0.39, 0.29) is 11.8 Å². The fourth-order valence-corrected chi connectivity index (χ4v) is 3.23. The van der Waals surface area contributed by atoms with Crippen LogP contribution < -0.4 is 10.6 Å². The molecule has 2 heterocycles. The molecule has 0 bridgehead atoms. The second-order valence-electron chi connectivity index (χ2n) is 4.48. The van der Waals surface area contributed by atoms with Gasteiger partial charge >= 0.3 is 5.97 Å². The monoisotopic (exact) mass is 295 g/mol. The van der Waals surface area contributed by atoms with E-state index in [1.807, 2.05) is 11.0 Å². The van der Waals surface area contributed by atoms with Gasteiger partial charge in [-0.3, -0.25) is 0 Å². The summed E-state index contributed by atoms with van der Waals surface area (Å²) in [5, 5.41) is 9.79. The first-order chi connectivity index (χ1) is 9.62. The molecule has 1 fully saturated rings. The summed E-state index contributed by atoms with van der Waals surface area (Å²) in [6, 6.07) is 2.03. The van der Waals surface area contributed by atoms with Gasteiger partial charge in [0.15, 0.2) is 0 Å². The Morgan fingerprint density at radius 3 is 3.05 bits per heavy atom. The minimum atomic E-state index is -0.505. The van der Waals surface area contributed by atoms with Crippen molar-refractivity contribution in [2.75, 3.05) is 37.4 Å². The van der Waals surface area contributed by atoms with E-state index in [1.54, 1.807) is 0 Å². The maximum atomic E-state index is 11.9. The molecule has 1 aromatic rings. The molecule has 0 spiro atoms. The lowest BCUT2D eigenvalue weighted by Gasteiger charge is -2.33. The summed E-state index contributed by atoms with van der Waals surface area (Å²) < 4.78 is 10.4. The molecule has 20 heavy (non-hydrogen) atoms. The molecule has 2 rings (SSSR count). The Bertz CT molecular complexity index is 550. The molecule has 0 aliphatic carbocycles. The molecule has 1 saturated heterocycles. The molecular formula is C13H17N3O3S. The number of rotatable bonds is 3. The highest BCUT2D eigenvalue weighted by Gasteiger charge is 2.29. The molecule has 1 aromatic heterocycles. The zero-order chi connectivity index (χ0) is 14.7. The molecule has 7 heteroatoms. The second kappa shape index (κ2) is 6.11. The predicted molar refractivity (Wildman–Crippen MR) is 77.0 cm³/mol. The highest BCUT2D eigenvalue weighted by Crippen LogP contribution is 2.39. The first kappa shape index (κ1) is 14.6. The molecule has 0 aromatic carbocycles. The van der Waals surface area contributed by atoms with Crippen molar-refractivity contribution in [3.8, 4) is 6.07 Å². The maximum Gasteiger partial charge on any atom is 0.343 e. The van der Waals surface area contributed by atoms with E-state index in [0.29, 0.717) is 35.1 Å². The number of hydrogen-bond donors (Lipinski definition) is 1. The molecule has 1 atom stereocenters. The zero-order valence-electron chi connectivity index (χ0n) is 11.5. The summed E-state index contributed by atoms with van der Waals surface area (Å²) in [7, 11) is 1.31. The number of anilines is 2. The Morgan fingerprint density at radius 2 is 2.45 bits per heavy atom. The van der Waals surface area contributed by atoms with Gasteiger partial charge in [0.2, 0.25) is 0 Å². The molecule has 1 unspecified atom stereocenters. The summed E-state index contributed by atoms with van der Waals surface area (Å²) in [4.78, 5) is 14.3. The Balaban J connectivity index is 2.40. The van der Waals surface area contributed by atoms with Crippen molar-refractivity contribution in [3.63, 3.8) is 0 Å². The lowest BCUT2D eigenvalue weighted by molar-refractivity contribution is 0.0383. The van der Waals surface area contributed by atoms with Gasteiger partial charge in [0.1, 0.15) is 21.5 Å². The van der Waals surface area contributed by atoms with E-state index in [1.165, 1.54) is 18.4 Å². The van der Waals surface area contributed by atoms with Gasteiger partial charge in [-0.25, -0.2) is 4.79 Å². The minimum Gasteiger partial charge on any atom is -0.465 e. The lowest BCUT2D eigenvalue weighted by Crippen LogP contribution is -2.42. The van der Waals surface area contributed by atoms with Crippen LogP contribution in [-0.4, -0.2) is 38.9 Å². The van der Waals surface area contributed by atoms with Gasteiger partial charge in [-0.2, -0.15) is 5.26 Å². The normalized spacial score (nSPS) is 18.6.